The number of benzene rings is 1. The van der Waals surface area contributed by atoms with Crippen molar-refractivity contribution in [2.45, 2.75) is 25.6 Å². The molecule has 0 saturated carbocycles. The summed E-state index contributed by atoms with van der Waals surface area (Å²) in [7, 11) is 0. The third kappa shape index (κ3) is 5.13. The Kier molecular flexibility index (Phi) is 5.96. The highest BCUT2D eigenvalue weighted by Crippen LogP contribution is 2.20. The number of halogens is 2. The lowest BCUT2D eigenvalue weighted by atomic mass is 10.1. The number of pyridine rings is 1. The van der Waals surface area contributed by atoms with E-state index in [4.69, 9.17) is 9.47 Å². The number of nitrogens with zero attached hydrogens (tertiary/aromatic N) is 1. The first-order valence-corrected chi connectivity index (χ1v) is 8.17. The number of carbonyl (C=O) groups excluding carboxylic acids is 1. The van der Waals surface area contributed by atoms with Crippen molar-refractivity contribution < 1.29 is 27.8 Å². The van der Waals surface area contributed by atoms with Crippen LogP contribution in [0, 0.1) is 0 Å². The quantitative estimate of drug-likeness (QED) is 0.850. The van der Waals surface area contributed by atoms with Gasteiger partial charge < -0.3 is 19.5 Å². The van der Waals surface area contributed by atoms with Crippen molar-refractivity contribution >= 4 is 11.6 Å². The van der Waals surface area contributed by atoms with E-state index in [0.717, 1.165) is 12.8 Å². The summed E-state index contributed by atoms with van der Waals surface area (Å²) in [6.45, 7) is -1.59. The molecule has 1 aromatic carbocycles. The van der Waals surface area contributed by atoms with Crippen LogP contribution in [0.3, 0.4) is 0 Å². The van der Waals surface area contributed by atoms with Gasteiger partial charge in [-0.25, -0.2) is 4.98 Å². The number of rotatable bonds is 6. The molecule has 1 aliphatic heterocycles. The monoisotopic (exact) mass is 364 g/mol. The number of nitrogens with one attached hydrogen (secondary N) is 1. The molecule has 1 saturated heterocycles. The van der Waals surface area contributed by atoms with Crippen molar-refractivity contribution in [1.29, 1.82) is 0 Å². The predicted octanol–water partition coefficient (Wildman–Crippen LogP) is 3.49. The molecule has 1 aromatic heterocycles. The number of alkyl halides is 2. The van der Waals surface area contributed by atoms with E-state index in [9.17, 15) is 13.6 Å². The molecule has 0 unspecified atom stereocenters. The molecule has 1 amide bonds. The van der Waals surface area contributed by atoms with Gasteiger partial charge in [0.1, 0.15) is 11.9 Å². The second-order valence-electron chi connectivity index (χ2n) is 5.68. The fourth-order valence-corrected chi connectivity index (χ4v) is 2.50. The Morgan fingerprint density at radius 1 is 1.23 bits per heavy atom. The Labute approximate surface area is 149 Å². The number of hydrogen-bond acceptors (Lipinski definition) is 5. The topological polar surface area (TPSA) is 69.7 Å². The van der Waals surface area contributed by atoms with Crippen molar-refractivity contribution in [2.24, 2.45) is 0 Å². The molecule has 2 heterocycles. The van der Waals surface area contributed by atoms with Crippen LogP contribution in [0.2, 0.25) is 0 Å². The molecule has 0 bridgehead atoms. The summed E-state index contributed by atoms with van der Waals surface area (Å²) in [6.07, 6.45) is 3.08. The van der Waals surface area contributed by atoms with Gasteiger partial charge in [0.05, 0.1) is 18.8 Å². The van der Waals surface area contributed by atoms with Crippen molar-refractivity contribution in [2.75, 3.05) is 18.5 Å². The maximum atomic E-state index is 12.3. The van der Waals surface area contributed by atoms with E-state index < -0.39 is 12.5 Å². The Morgan fingerprint density at radius 3 is 2.73 bits per heavy atom. The van der Waals surface area contributed by atoms with Gasteiger partial charge in [0, 0.05) is 36.9 Å². The number of ether oxygens (including phenoxy) is 3. The molecule has 0 radical (unpaired) electrons. The lowest BCUT2D eigenvalue weighted by Crippen LogP contribution is -2.26. The predicted molar refractivity (Wildman–Crippen MR) is 89.7 cm³/mol. The second kappa shape index (κ2) is 8.57. The molecule has 138 valence electrons. The van der Waals surface area contributed by atoms with Crippen LogP contribution in [0.5, 0.6) is 11.6 Å². The van der Waals surface area contributed by atoms with Crippen molar-refractivity contribution in [3.8, 4) is 11.6 Å². The highest BCUT2D eigenvalue weighted by molar-refractivity contribution is 6.04. The van der Waals surface area contributed by atoms with Crippen LogP contribution in [0.15, 0.2) is 42.6 Å². The Bertz CT molecular complexity index is 734. The van der Waals surface area contributed by atoms with Crippen LogP contribution in [0.4, 0.5) is 14.5 Å². The molecular formula is C18H18F2N2O4. The molecule has 1 fully saturated rings. The van der Waals surface area contributed by atoms with Gasteiger partial charge in [-0.05, 0) is 18.2 Å². The maximum Gasteiger partial charge on any atom is 0.387 e. The average molecular weight is 364 g/mol. The highest BCUT2D eigenvalue weighted by Gasteiger charge is 2.16. The van der Waals surface area contributed by atoms with Gasteiger partial charge >= 0.3 is 6.61 Å². The first-order chi connectivity index (χ1) is 12.6. The van der Waals surface area contributed by atoms with Gasteiger partial charge in [-0.15, -0.1) is 0 Å². The fourth-order valence-electron chi connectivity index (χ4n) is 2.50. The molecule has 3 rings (SSSR count). The molecule has 0 aliphatic carbocycles. The number of anilines is 1. The standard InChI is InChI=1S/C18H18F2N2O4/c19-18(20)26-15-3-1-2-13(10-15)22-17(23)12-4-5-16(21-11-12)25-14-6-8-24-9-7-14/h1-5,10-11,14,18H,6-9H2,(H,22,23). The van der Waals surface area contributed by atoms with E-state index in [0.29, 0.717) is 30.3 Å². The Morgan fingerprint density at radius 2 is 2.04 bits per heavy atom. The molecule has 1 N–H and O–H groups in total. The van der Waals surface area contributed by atoms with Crippen LogP contribution in [0.1, 0.15) is 23.2 Å². The highest BCUT2D eigenvalue weighted by atomic mass is 19.3. The van der Waals surface area contributed by atoms with Crippen molar-refractivity contribution in [3.63, 3.8) is 0 Å². The SMILES string of the molecule is O=C(Nc1cccc(OC(F)F)c1)c1ccc(OC2CCOCC2)nc1. The first-order valence-electron chi connectivity index (χ1n) is 8.17. The largest absolute Gasteiger partial charge is 0.474 e. The number of amides is 1. The minimum absolute atomic E-state index is 0.0314. The van der Waals surface area contributed by atoms with E-state index in [-0.39, 0.29) is 11.9 Å². The van der Waals surface area contributed by atoms with Gasteiger partial charge in [0.15, 0.2) is 0 Å². The van der Waals surface area contributed by atoms with Crippen LogP contribution in [0.25, 0.3) is 0 Å². The second-order valence-corrected chi connectivity index (χ2v) is 5.68. The van der Waals surface area contributed by atoms with Gasteiger partial charge in [-0.1, -0.05) is 6.07 Å². The van der Waals surface area contributed by atoms with E-state index >= 15 is 0 Å². The van der Waals surface area contributed by atoms with Gasteiger partial charge in [-0.3, -0.25) is 4.79 Å². The van der Waals surface area contributed by atoms with Crippen molar-refractivity contribution in [3.05, 3.63) is 48.2 Å². The van der Waals surface area contributed by atoms with E-state index in [1.807, 2.05) is 0 Å². The molecule has 1 aliphatic rings. The summed E-state index contributed by atoms with van der Waals surface area (Å²) in [5.41, 5.74) is 0.667. The first kappa shape index (κ1) is 18.1. The van der Waals surface area contributed by atoms with Crippen molar-refractivity contribution in [1.82, 2.24) is 4.98 Å². The summed E-state index contributed by atoms with van der Waals surface area (Å²) >= 11 is 0. The zero-order valence-corrected chi connectivity index (χ0v) is 13.9. The van der Waals surface area contributed by atoms with E-state index in [1.54, 1.807) is 18.2 Å². The summed E-state index contributed by atoms with van der Waals surface area (Å²) in [6, 6.07) is 9.01. The Hall–Kier alpha value is -2.74. The zero-order chi connectivity index (χ0) is 18.4. The van der Waals surface area contributed by atoms with Crippen LogP contribution in [-0.2, 0) is 4.74 Å². The van der Waals surface area contributed by atoms with E-state index in [2.05, 4.69) is 15.0 Å². The molecular weight excluding hydrogens is 346 g/mol. The van der Waals surface area contributed by atoms with Crippen LogP contribution < -0.4 is 14.8 Å². The third-order valence-electron chi connectivity index (χ3n) is 3.77. The van der Waals surface area contributed by atoms with Crippen LogP contribution >= 0.6 is 0 Å². The summed E-state index contributed by atoms with van der Waals surface area (Å²) in [4.78, 5) is 16.4. The van der Waals surface area contributed by atoms with E-state index in [1.165, 1.54) is 24.4 Å². The summed E-state index contributed by atoms with van der Waals surface area (Å²) in [5, 5.41) is 2.61. The lowest BCUT2D eigenvalue weighted by Gasteiger charge is -2.22. The van der Waals surface area contributed by atoms with Crippen LogP contribution in [-0.4, -0.2) is 36.8 Å². The average Bonchev–Trinajstić information content (AvgIpc) is 2.63. The van der Waals surface area contributed by atoms with Gasteiger partial charge in [0.2, 0.25) is 5.88 Å². The Balaban J connectivity index is 1.59. The fraction of sp³-hybridized carbons (Fsp3) is 0.333. The summed E-state index contributed by atoms with van der Waals surface area (Å²) < 4.78 is 39.8. The third-order valence-corrected chi connectivity index (χ3v) is 3.77. The molecule has 26 heavy (non-hydrogen) atoms. The molecule has 0 atom stereocenters. The number of carbonyl (C=O) groups is 1. The van der Waals surface area contributed by atoms with Gasteiger partial charge in [0.25, 0.3) is 5.91 Å². The molecule has 6 nitrogen and oxygen atoms in total. The normalized spacial score (nSPS) is 14.9. The minimum Gasteiger partial charge on any atom is -0.474 e. The summed E-state index contributed by atoms with van der Waals surface area (Å²) in [5.74, 6) is 0.00114. The molecule has 0 spiro atoms. The molecule has 2 aromatic rings. The van der Waals surface area contributed by atoms with Gasteiger partial charge in [-0.2, -0.15) is 8.78 Å². The molecule has 8 heteroatoms. The maximum absolute atomic E-state index is 12.3. The zero-order valence-electron chi connectivity index (χ0n) is 13.9. The lowest BCUT2D eigenvalue weighted by molar-refractivity contribution is -0.0498. The smallest absolute Gasteiger partial charge is 0.387 e. The minimum atomic E-state index is -2.92. The number of aromatic nitrogens is 1. The number of hydrogen-bond donors (Lipinski definition) is 1.